The summed E-state index contributed by atoms with van der Waals surface area (Å²) in [6, 6.07) is 14.9. The highest BCUT2D eigenvalue weighted by Gasteiger charge is 2.43. The van der Waals surface area contributed by atoms with E-state index < -0.39 is 5.54 Å². The lowest BCUT2D eigenvalue weighted by Gasteiger charge is -2.33. The van der Waals surface area contributed by atoms with Crippen molar-refractivity contribution in [3.8, 4) is 0 Å². The number of nitrogens with zero attached hydrogens (tertiary/aromatic N) is 1. The summed E-state index contributed by atoms with van der Waals surface area (Å²) in [4.78, 5) is 15.0. The third-order valence-corrected chi connectivity index (χ3v) is 5.88. The van der Waals surface area contributed by atoms with E-state index in [1.807, 2.05) is 18.2 Å². The van der Waals surface area contributed by atoms with E-state index >= 15 is 0 Å². The minimum atomic E-state index is -0.407. The molecule has 27 heavy (non-hydrogen) atoms. The van der Waals surface area contributed by atoms with Gasteiger partial charge in [0, 0.05) is 28.7 Å². The number of halogens is 2. The van der Waals surface area contributed by atoms with Crippen molar-refractivity contribution in [1.82, 2.24) is 10.2 Å². The van der Waals surface area contributed by atoms with Crippen LogP contribution in [0.5, 0.6) is 0 Å². The standard InChI is InChI=1S/C21H22Cl2N2OS/c1-21(24-20(26)16-5-3-7-18(23)13-16)9-11-25(19(21)14-27)10-8-15-4-2-6-17(22)12-15/h2-7,12-14,19H,8-11H2,1H3,(H,24,26). The molecule has 1 saturated heterocycles. The Hall–Kier alpha value is -1.46. The Morgan fingerprint density at radius 1 is 1.26 bits per heavy atom. The lowest BCUT2D eigenvalue weighted by Crippen LogP contribution is -2.55. The average Bonchev–Trinajstić information content (AvgIpc) is 2.95. The largest absolute Gasteiger partial charge is 0.345 e. The molecule has 1 fully saturated rings. The molecule has 1 N–H and O–H groups in total. The molecular formula is C21H22Cl2N2OS. The number of carbonyl (C=O) groups excluding carboxylic acids is 1. The number of hydrogen-bond donors (Lipinski definition) is 1. The van der Waals surface area contributed by atoms with E-state index in [-0.39, 0.29) is 11.9 Å². The summed E-state index contributed by atoms with van der Waals surface area (Å²) in [5.74, 6) is -0.126. The topological polar surface area (TPSA) is 32.3 Å². The number of likely N-dealkylation sites (tertiary alicyclic amines) is 1. The van der Waals surface area contributed by atoms with Crippen LogP contribution in [0.4, 0.5) is 0 Å². The van der Waals surface area contributed by atoms with Gasteiger partial charge in [0.25, 0.3) is 5.91 Å². The molecule has 2 aromatic carbocycles. The number of thiocarbonyl (C=S) groups is 1. The minimum Gasteiger partial charge on any atom is -0.345 e. The predicted octanol–water partition coefficient (Wildman–Crippen LogP) is 4.80. The quantitative estimate of drug-likeness (QED) is 0.681. The van der Waals surface area contributed by atoms with Gasteiger partial charge in [-0.2, -0.15) is 0 Å². The Morgan fingerprint density at radius 2 is 1.96 bits per heavy atom. The second-order valence-corrected chi connectivity index (χ2v) is 8.27. The summed E-state index contributed by atoms with van der Waals surface area (Å²) in [6.07, 6.45) is 1.73. The Morgan fingerprint density at radius 3 is 2.63 bits per heavy atom. The fourth-order valence-corrected chi connectivity index (χ4v) is 4.49. The molecule has 3 nitrogen and oxygen atoms in total. The molecule has 1 amide bonds. The molecule has 0 radical (unpaired) electrons. The summed E-state index contributed by atoms with van der Waals surface area (Å²) in [5, 5.41) is 6.24. The molecule has 2 unspecified atom stereocenters. The Balaban J connectivity index is 1.67. The van der Waals surface area contributed by atoms with Gasteiger partial charge in [-0.15, -0.1) is 0 Å². The number of benzene rings is 2. The first-order chi connectivity index (χ1) is 12.9. The van der Waals surface area contributed by atoms with Gasteiger partial charge in [0.2, 0.25) is 0 Å². The maximum atomic E-state index is 12.7. The molecule has 1 aliphatic rings. The molecule has 142 valence electrons. The van der Waals surface area contributed by atoms with Gasteiger partial charge in [-0.1, -0.05) is 53.6 Å². The lowest BCUT2D eigenvalue weighted by molar-refractivity contribution is 0.0898. The summed E-state index contributed by atoms with van der Waals surface area (Å²) in [6.45, 7) is 3.80. The van der Waals surface area contributed by atoms with Gasteiger partial charge in [0.05, 0.1) is 11.6 Å². The second kappa shape index (κ2) is 8.70. The van der Waals surface area contributed by atoms with Crippen LogP contribution in [0.1, 0.15) is 29.3 Å². The Bertz CT molecular complexity index is 844. The van der Waals surface area contributed by atoms with Gasteiger partial charge in [-0.3, -0.25) is 9.69 Å². The van der Waals surface area contributed by atoms with Gasteiger partial charge in [-0.05, 0) is 61.0 Å². The van der Waals surface area contributed by atoms with Crippen molar-refractivity contribution in [2.45, 2.75) is 31.3 Å². The molecule has 1 aliphatic heterocycles. The molecule has 2 atom stereocenters. The molecule has 0 aliphatic carbocycles. The monoisotopic (exact) mass is 420 g/mol. The number of nitrogens with one attached hydrogen (secondary N) is 1. The SMILES string of the molecule is CC1(NC(=O)c2cccc(Cl)c2)CCN(CCc2cccc(Cl)c2)C1C=S. The Labute approximate surface area is 175 Å². The van der Waals surface area contributed by atoms with Gasteiger partial charge < -0.3 is 5.32 Å². The maximum absolute atomic E-state index is 12.7. The van der Waals surface area contributed by atoms with Crippen molar-refractivity contribution in [1.29, 1.82) is 0 Å². The van der Waals surface area contributed by atoms with Crippen molar-refractivity contribution in [2.24, 2.45) is 0 Å². The number of rotatable bonds is 6. The first kappa shape index (κ1) is 20.3. The number of hydrogen-bond acceptors (Lipinski definition) is 3. The van der Waals surface area contributed by atoms with Crippen molar-refractivity contribution < 1.29 is 4.79 Å². The van der Waals surface area contributed by atoms with E-state index in [1.165, 1.54) is 5.56 Å². The van der Waals surface area contributed by atoms with Crippen LogP contribution in [0.3, 0.4) is 0 Å². The number of amides is 1. The van der Waals surface area contributed by atoms with Crippen molar-refractivity contribution >= 4 is 46.7 Å². The van der Waals surface area contributed by atoms with Crippen LogP contribution in [0.2, 0.25) is 10.0 Å². The predicted molar refractivity (Wildman–Crippen MR) is 116 cm³/mol. The minimum absolute atomic E-state index is 0.00480. The van der Waals surface area contributed by atoms with E-state index in [0.717, 1.165) is 31.0 Å². The van der Waals surface area contributed by atoms with Gasteiger partial charge >= 0.3 is 0 Å². The van der Waals surface area contributed by atoms with Crippen molar-refractivity contribution in [2.75, 3.05) is 13.1 Å². The normalized spacial score (nSPS) is 22.6. The fraction of sp³-hybridized carbons (Fsp3) is 0.333. The molecule has 2 aromatic rings. The van der Waals surface area contributed by atoms with Crippen LogP contribution in [-0.2, 0) is 6.42 Å². The lowest BCUT2D eigenvalue weighted by atomic mass is 9.93. The van der Waals surface area contributed by atoms with Gasteiger partial charge in [0.1, 0.15) is 0 Å². The van der Waals surface area contributed by atoms with Gasteiger partial charge in [-0.25, -0.2) is 0 Å². The number of carbonyl (C=O) groups is 1. The highest BCUT2D eigenvalue weighted by Crippen LogP contribution is 2.28. The van der Waals surface area contributed by atoms with E-state index in [4.69, 9.17) is 35.4 Å². The molecule has 0 bridgehead atoms. The zero-order valence-corrected chi connectivity index (χ0v) is 17.4. The molecule has 3 rings (SSSR count). The fourth-order valence-electron chi connectivity index (χ4n) is 3.62. The van der Waals surface area contributed by atoms with Crippen LogP contribution in [-0.4, -0.2) is 40.8 Å². The molecule has 1 heterocycles. The molecule has 0 aromatic heterocycles. The van der Waals surface area contributed by atoms with Crippen LogP contribution in [0, 0.1) is 0 Å². The molecule has 0 spiro atoms. The average molecular weight is 421 g/mol. The van der Waals surface area contributed by atoms with E-state index in [0.29, 0.717) is 10.6 Å². The molecule has 6 heteroatoms. The summed E-state index contributed by atoms with van der Waals surface area (Å²) >= 11 is 17.4. The van der Waals surface area contributed by atoms with Crippen LogP contribution < -0.4 is 5.32 Å². The first-order valence-corrected chi connectivity index (χ1v) is 10.2. The third kappa shape index (κ3) is 4.88. The highest BCUT2D eigenvalue weighted by atomic mass is 35.5. The zero-order chi connectivity index (χ0) is 19.4. The maximum Gasteiger partial charge on any atom is 0.251 e. The zero-order valence-electron chi connectivity index (χ0n) is 15.1. The Kier molecular flexibility index (Phi) is 6.53. The van der Waals surface area contributed by atoms with E-state index in [2.05, 4.69) is 23.2 Å². The van der Waals surface area contributed by atoms with Crippen molar-refractivity contribution in [3.05, 3.63) is 69.7 Å². The molecule has 0 saturated carbocycles. The molecular weight excluding hydrogens is 399 g/mol. The van der Waals surface area contributed by atoms with E-state index in [9.17, 15) is 4.79 Å². The van der Waals surface area contributed by atoms with Crippen molar-refractivity contribution in [3.63, 3.8) is 0 Å². The third-order valence-electron chi connectivity index (χ3n) is 5.16. The van der Waals surface area contributed by atoms with Gasteiger partial charge in [0.15, 0.2) is 0 Å². The van der Waals surface area contributed by atoms with E-state index in [1.54, 1.807) is 29.6 Å². The first-order valence-electron chi connectivity index (χ1n) is 8.93. The smallest absolute Gasteiger partial charge is 0.251 e. The highest BCUT2D eigenvalue weighted by molar-refractivity contribution is 7.79. The summed E-state index contributed by atoms with van der Waals surface area (Å²) in [5.41, 5.74) is 1.35. The van der Waals surface area contributed by atoms with Crippen LogP contribution >= 0.6 is 35.4 Å². The van der Waals surface area contributed by atoms with Crippen LogP contribution in [0.15, 0.2) is 48.5 Å². The summed E-state index contributed by atoms with van der Waals surface area (Å²) < 4.78 is 0. The second-order valence-electron chi connectivity index (χ2n) is 7.13. The summed E-state index contributed by atoms with van der Waals surface area (Å²) in [7, 11) is 0. The van der Waals surface area contributed by atoms with Crippen LogP contribution in [0.25, 0.3) is 0 Å².